The third-order valence-electron chi connectivity index (χ3n) is 4.26. The monoisotopic (exact) mass is 398 g/mol. The number of rotatable bonds is 6. The number of halogens is 1. The zero-order valence-corrected chi connectivity index (χ0v) is 16.0. The minimum absolute atomic E-state index is 0.136. The Kier molecular flexibility index (Phi) is 6.06. The number of hydrogen-bond acceptors (Lipinski definition) is 4. The molecule has 2 aromatic carbocycles. The molecule has 1 heterocycles. The molecule has 0 radical (unpaired) electrons. The summed E-state index contributed by atoms with van der Waals surface area (Å²) in [5.41, 5.74) is 0.619. The Morgan fingerprint density at radius 2 is 1.86 bits per heavy atom. The van der Waals surface area contributed by atoms with Crippen molar-refractivity contribution < 1.29 is 9.59 Å². The van der Waals surface area contributed by atoms with Crippen LogP contribution in [-0.4, -0.2) is 39.8 Å². The summed E-state index contributed by atoms with van der Waals surface area (Å²) in [6, 6.07) is 13.6. The van der Waals surface area contributed by atoms with Gasteiger partial charge in [-0.2, -0.15) is 0 Å². The third-order valence-corrected chi connectivity index (χ3v) is 4.59. The number of likely N-dealkylation sites (N-methyl/N-ethyl adjacent to an activating group) is 1. The second-order valence-electron chi connectivity index (χ2n) is 6.10. The lowest BCUT2D eigenvalue weighted by molar-refractivity contribution is -0.130. The van der Waals surface area contributed by atoms with Gasteiger partial charge in [0.1, 0.15) is 5.82 Å². The Labute approximate surface area is 166 Å². The molecule has 2 N–H and O–H groups in total. The Morgan fingerprint density at radius 3 is 2.61 bits per heavy atom. The van der Waals surface area contributed by atoms with Crippen molar-refractivity contribution in [2.75, 3.05) is 13.1 Å². The third kappa shape index (κ3) is 4.37. The predicted molar refractivity (Wildman–Crippen MR) is 107 cm³/mol. The second-order valence-corrected chi connectivity index (χ2v) is 6.51. The fourth-order valence-corrected chi connectivity index (χ4v) is 3.00. The minimum atomic E-state index is -0.424. The van der Waals surface area contributed by atoms with Crippen molar-refractivity contribution in [1.82, 2.24) is 20.2 Å². The minimum Gasteiger partial charge on any atom is -0.343 e. The normalized spacial score (nSPS) is 10.6. The Morgan fingerprint density at radius 1 is 1.14 bits per heavy atom. The molecule has 3 rings (SSSR count). The summed E-state index contributed by atoms with van der Waals surface area (Å²) in [4.78, 5) is 45.5. The number of aromatic nitrogens is 2. The van der Waals surface area contributed by atoms with Crippen LogP contribution in [0.4, 0.5) is 0 Å². The number of amides is 2. The predicted octanol–water partition coefficient (Wildman–Crippen LogP) is 2.35. The van der Waals surface area contributed by atoms with Gasteiger partial charge >= 0.3 is 0 Å². The first-order valence-electron chi connectivity index (χ1n) is 8.78. The maximum Gasteiger partial charge on any atom is 0.258 e. The maximum atomic E-state index is 12.5. The van der Waals surface area contributed by atoms with Crippen molar-refractivity contribution in [3.8, 4) is 0 Å². The molecule has 8 heteroatoms. The molecule has 0 fully saturated rings. The molecular formula is C20H19ClN4O3. The van der Waals surface area contributed by atoms with Crippen LogP contribution in [0.3, 0.4) is 0 Å². The first-order valence-corrected chi connectivity index (χ1v) is 9.16. The maximum absolute atomic E-state index is 12.5. The smallest absolute Gasteiger partial charge is 0.258 e. The summed E-state index contributed by atoms with van der Waals surface area (Å²) in [5, 5.41) is 3.38. The quantitative estimate of drug-likeness (QED) is 0.666. The molecule has 0 saturated heterocycles. The average Bonchev–Trinajstić information content (AvgIpc) is 2.70. The van der Waals surface area contributed by atoms with Gasteiger partial charge < -0.3 is 15.2 Å². The van der Waals surface area contributed by atoms with Gasteiger partial charge in [0.05, 0.1) is 34.6 Å². The molecule has 1 aromatic heterocycles. The fraction of sp³-hybridized carbons (Fsp3) is 0.200. The van der Waals surface area contributed by atoms with Crippen LogP contribution in [0, 0.1) is 0 Å². The van der Waals surface area contributed by atoms with E-state index in [0.717, 1.165) is 0 Å². The van der Waals surface area contributed by atoms with Crippen LogP contribution in [-0.2, 0) is 11.3 Å². The number of carbonyl (C=O) groups is 2. The van der Waals surface area contributed by atoms with Crippen LogP contribution in [0.2, 0.25) is 5.02 Å². The number of hydrogen-bond donors (Lipinski definition) is 2. The first kappa shape index (κ1) is 19.6. The van der Waals surface area contributed by atoms with E-state index in [1.54, 1.807) is 48.5 Å². The summed E-state index contributed by atoms with van der Waals surface area (Å²) in [6.07, 6.45) is 0. The summed E-state index contributed by atoms with van der Waals surface area (Å²) < 4.78 is 0. The number of nitrogens with zero attached hydrogens (tertiary/aromatic N) is 2. The number of aromatic amines is 1. The number of H-pyrrole nitrogens is 1. The van der Waals surface area contributed by atoms with E-state index >= 15 is 0 Å². The van der Waals surface area contributed by atoms with Crippen molar-refractivity contribution in [3.05, 3.63) is 75.3 Å². The highest BCUT2D eigenvalue weighted by Crippen LogP contribution is 2.14. The number of benzene rings is 2. The van der Waals surface area contributed by atoms with Gasteiger partial charge in [-0.25, -0.2) is 4.98 Å². The molecule has 0 atom stereocenters. The van der Waals surface area contributed by atoms with Gasteiger partial charge in [0.15, 0.2) is 0 Å². The van der Waals surface area contributed by atoms with Crippen molar-refractivity contribution in [2.24, 2.45) is 0 Å². The van der Waals surface area contributed by atoms with Gasteiger partial charge in [-0.3, -0.25) is 14.4 Å². The van der Waals surface area contributed by atoms with Gasteiger partial charge in [0.25, 0.3) is 11.5 Å². The molecule has 0 aliphatic rings. The van der Waals surface area contributed by atoms with Crippen molar-refractivity contribution in [2.45, 2.75) is 13.5 Å². The number of fused-ring (bicyclic) bond motifs is 1. The molecule has 7 nitrogen and oxygen atoms in total. The number of nitrogens with one attached hydrogen (secondary N) is 2. The number of para-hydroxylation sites is 1. The van der Waals surface area contributed by atoms with Gasteiger partial charge in [-0.15, -0.1) is 0 Å². The van der Waals surface area contributed by atoms with Crippen LogP contribution in [0.25, 0.3) is 10.9 Å². The Hall–Kier alpha value is -3.19. The Balaban J connectivity index is 1.68. The van der Waals surface area contributed by atoms with Crippen LogP contribution in [0.5, 0.6) is 0 Å². The van der Waals surface area contributed by atoms with Gasteiger partial charge in [0.2, 0.25) is 5.91 Å². The van der Waals surface area contributed by atoms with Crippen molar-refractivity contribution in [1.29, 1.82) is 0 Å². The zero-order chi connectivity index (χ0) is 20.1. The van der Waals surface area contributed by atoms with Crippen molar-refractivity contribution in [3.63, 3.8) is 0 Å². The fourth-order valence-electron chi connectivity index (χ4n) is 2.78. The van der Waals surface area contributed by atoms with Gasteiger partial charge in [-0.05, 0) is 31.2 Å². The van der Waals surface area contributed by atoms with E-state index in [9.17, 15) is 14.4 Å². The van der Waals surface area contributed by atoms with E-state index in [-0.39, 0.29) is 24.6 Å². The molecule has 0 spiro atoms. The van der Waals surface area contributed by atoms with E-state index in [2.05, 4.69) is 15.3 Å². The summed E-state index contributed by atoms with van der Waals surface area (Å²) in [5.74, 6) is -0.331. The lowest BCUT2D eigenvalue weighted by atomic mass is 10.2. The molecule has 28 heavy (non-hydrogen) atoms. The number of carbonyl (C=O) groups excluding carboxylic acids is 2. The largest absolute Gasteiger partial charge is 0.343 e. The van der Waals surface area contributed by atoms with Crippen LogP contribution in [0.15, 0.2) is 53.3 Å². The summed E-state index contributed by atoms with van der Waals surface area (Å²) in [6.45, 7) is 2.16. The molecular weight excluding hydrogens is 380 g/mol. The van der Waals surface area contributed by atoms with Gasteiger partial charge in [0, 0.05) is 6.54 Å². The molecule has 144 valence electrons. The highest BCUT2D eigenvalue weighted by Gasteiger charge is 2.16. The Bertz CT molecular complexity index is 1080. The SMILES string of the molecule is CCN(Cc1nc2ccccc2c(=O)[nH]1)C(=O)CNC(=O)c1ccccc1Cl. The van der Waals surface area contributed by atoms with E-state index in [1.165, 1.54) is 4.90 Å². The summed E-state index contributed by atoms with van der Waals surface area (Å²) in [7, 11) is 0. The lowest BCUT2D eigenvalue weighted by Crippen LogP contribution is -2.40. The average molecular weight is 399 g/mol. The van der Waals surface area contributed by atoms with Crippen LogP contribution < -0.4 is 10.9 Å². The molecule has 2 amide bonds. The summed E-state index contributed by atoms with van der Waals surface area (Å²) >= 11 is 6.00. The van der Waals surface area contributed by atoms with E-state index < -0.39 is 5.91 Å². The lowest BCUT2D eigenvalue weighted by Gasteiger charge is -2.20. The molecule has 3 aromatic rings. The highest BCUT2D eigenvalue weighted by molar-refractivity contribution is 6.33. The molecule has 0 unspecified atom stereocenters. The van der Waals surface area contributed by atoms with Crippen LogP contribution >= 0.6 is 11.6 Å². The molecule has 0 aliphatic carbocycles. The van der Waals surface area contributed by atoms with Gasteiger partial charge in [-0.1, -0.05) is 35.9 Å². The topological polar surface area (TPSA) is 95.2 Å². The standard InChI is InChI=1S/C20H19ClN4O3/c1-2-25(12-17-23-16-10-6-4-8-14(16)20(28)24-17)18(26)11-22-19(27)13-7-3-5-9-15(13)21/h3-10H,2,11-12H2,1H3,(H,22,27)(H,23,24,28). The highest BCUT2D eigenvalue weighted by atomic mass is 35.5. The van der Waals surface area contributed by atoms with E-state index in [0.29, 0.717) is 33.9 Å². The van der Waals surface area contributed by atoms with E-state index in [1.807, 2.05) is 6.92 Å². The molecule has 0 aliphatic heterocycles. The molecule has 0 saturated carbocycles. The van der Waals surface area contributed by atoms with E-state index in [4.69, 9.17) is 11.6 Å². The van der Waals surface area contributed by atoms with Crippen molar-refractivity contribution >= 4 is 34.3 Å². The zero-order valence-electron chi connectivity index (χ0n) is 15.2. The van der Waals surface area contributed by atoms with Crippen LogP contribution in [0.1, 0.15) is 23.1 Å². The molecule has 0 bridgehead atoms. The first-order chi connectivity index (χ1) is 13.5. The second kappa shape index (κ2) is 8.67.